The predicted octanol–water partition coefficient (Wildman–Crippen LogP) is 2.05. The summed E-state index contributed by atoms with van der Waals surface area (Å²) in [6, 6.07) is 7.64. The molecule has 0 spiro atoms. The Morgan fingerprint density at radius 1 is 1.19 bits per heavy atom. The first-order chi connectivity index (χ1) is 12.8. The highest BCUT2D eigenvalue weighted by molar-refractivity contribution is 7.89. The van der Waals surface area contributed by atoms with E-state index in [1.54, 1.807) is 25.1 Å². The third-order valence-corrected chi connectivity index (χ3v) is 5.28. The van der Waals surface area contributed by atoms with Crippen molar-refractivity contribution < 1.29 is 27.5 Å². The second-order valence-electron chi connectivity index (χ2n) is 5.99. The number of furan rings is 1. The van der Waals surface area contributed by atoms with Gasteiger partial charge in [-0.1, -0.05) is 6.07 Å². The van der Waals surface area contributed by atoms with Gasteiger partial charge in [0.05, 0.1) is 17.7 Å². The third kappa shape index (κ3) is 6.22. The fourth-order valence-electron chi connectivity index (χ4n) is 2.37. The first-order valence-electron chi connectivity index (χ1n) is 8.42. The Labute approximate surface area is 157 Å². The van der Waals surface area contributed by atoms with Gasteiger partial charge in [-0.25, -0.2) is 13.1 Å². The minimum absolute atomic E-state index is 0.00825. The van der Waals surface area contributed by atoms with Gasteiger partial charge in [0.25, 0.3) is 5.91 Å². The Morgan fingerprint density at radius 3 is 2.63 bits per heavy atom. The van der Waals surface area contributed by atoms with E-state index in [0.717, 1.165) is 0 Å². The number of carbonyl (C=O) groups is 2. The molecule has 0 aliphatic carbocycles. The van der Waals surface area contributed by atoms with Crippen LogP contribution in [0.2, 0.25) is 0 Å². The Kier molecular flexibility index (Phi) is 7.14. The number of benzene rings is 1. The van der Waals surface area contributed by atoms with Crippen LogP contribution in [0.15, 0.2) is 45.9 Å². The van der Waals surface area contributed by atoms with Crippen molar-refractivity contribution in [3.8, 4) is 0 Å². The molecule has 0 aliphatic heterocycles. The van der Waals surface area contributed by atoms with Gasteiger partial charge in [-0.3, -0.25) is 9.59 Å². The van der Waals surface area contributed by atoms with Crippen LogP contribution >= 0.6 is 0 Å². The SMILES string of the molecule is Cc1ccc(S(=O)(=O)NCc2ccco2)cc1C(=O)NCCCCC(=O)O. The number of aliphatic carboxylic acids is 1. The Balaban J connectivity index is 2.01. The van der Waals surface area contributed by atoms with Crippen LogP contribution in [-0.4, -0.2) is 31.9 Å². The van der Waals surface area contributed by atoms with Crippen LogP contribution in [0.3, 0.4) is 0 Å². The number of carboxylic acid groups (broad SMARTS) is 1. The maximum absolute atomic E-state index is 12.4. The van der Waals surface area contributed by atoms with Gasteiger partial charge in [0.1, 0.15) is 5.76 Å². The molecule has 0 saturated carbocycles. The summed E-state index contributed by atoms with van der Waals surface area (Å²) in [4.78, 5) is 22.8. The van der Waals surface area contributed by atoms with Crippen molar-refractivity contribution in [3.63, 3.8) is 0 Å². The molecule has 1 aromatic heterocycles. The molecule has 0 aliphatic rings. The maximum atomic E-state index is 12.4. The van der Waals surface area contributed by atoms with E-state index < -0.39 is 21.9 Å². The van der Waals surface area contributed by atoms with E-state index in [2.05, 4.69) is 10.0 Å². The van der Waals surface area contributed by atoms with Crippen molar-refractivity contribution in [2.24, 2.45) is 0 Å². The number of sulfonamides is 1. The van der Waals surface area contributed by atoms with Crippen molar-refractivity contribution in [1.82, 2.24) is 10.0 Å². The Bertz CT molecular complexity index is 891. The monoisotopic (exact) mass is 394 g/mol. The van der Waals surface area contributed by atoms with E-state index in [9.17, 15) is 18.0 Å². The smallest absolute Gasteiger partial charge is 0.303 e. The van der Waals surface area contributed by atoms with Crippen molar-refractivity contribution in [2.75, 3.05) is 6.54 Å². The number of hydrogen-bond donors (Lipinski definition) is 3. The number of carboxylic acids is 1. The van der Waals surface area contributed by atoms with Crippen LogP contribution in [0.5, 0.6) is 0 Å². The number of aryl methyl sites for hydroxylation is 1. The van der Waals surface area contributed by atoms with Crippen molar-refractivity contribution in [2.45, 2.75) is 37.6 Å². The molecule has 0 bridgehead atoms. The number of amides is 1. The summed E-state index contributed by atoms with van der Waals surface area (Å²) in [5.74, 6) is -0.798. The Morgan fingerprint density at radius 2 is 1.96 bits per heavy atom. The van der Waals surface area contributed by atoms with Crippen LogP contribution < -0.4 is 10.0 Å². The van der Waals surface area contributed by atoms with Gasteiger partial charge in [-0.2, -0.15) is 0 Å². The number of unbranched alkanes of at least 4 members (excludes halogenated alkanes) is 1. The molecular weight excluding hydrogens is 372 g/mol. The summed E-state index contributed by atoms with van der Waals surface area (Å²) in [5, 5.41) is 11.3. The van der Waals surface area contributed by atoms with Gasteiger partial charge in [-0.05, 0) is 49.6 Å². The van der Waals surface area contributed by atoms with E-state index in [1.165, 1.54) is 18.4 Å². The van der Waals surface area contributed by atoms with Crippen molar-refractivity contribution in [3.05, 3.63) is 53.5 Å². The van der Waals surface area contributed by atoms with Gasteiger partial charge in [0.15, 0.2) is 0 Å². The number of hydrogen-bond acceptors (Lipinski definition) is 5. The average Bonchev–Trinajstić information content (AvgIpc) is 3.13. The van der Waals surface area contributed by atoms with Gasteiger partial charge < -0.3 is 14.8 Å². The minimum Gasteiger partial charge on any atom is -0.481 e. The highest BCUT2D eigenvalue weighted by Crippen LogP contribution is 2.16. The molecule has 1 aromatic carbocycles. The largest absolute Gasteiger partial charge is 0.481 e. The second kappa shape index (κ2) is 9.33. The van der Waals surface area contributed by atoms with Gasteiger partial charge in [-0.15, -0.1) is 0 Å². The molecule has 0 atom stereocenters. The lowest BCUT2D eigenvalue weighted by Gasteiger charge is -2.11. The molecule has 2 rings (SSSR count). The number of carbonyl (C=O) groups excluding carboxylic acids is 1. The van der Waals surface area contributed by atoms with Crippen LogP contribution in [-0.2, 0) is 21.4 Å². The zero-order valence-electron chi connectivity index (χ0n) is 14.9. The predicted molar refractivity (Wildman–Crippen MR) is 97.7 cm³/mol. The summed E-state index contributed by atoms with van der Waals surface area (Å²) in [7, 11) is -3.80. The summed E-state index contributed by atoms with van der Waals surface area (Å²) in [6.07, 6.45) is 2.48. The van der Waals surface area contributed by atoms with Crippen LogP contribution in [0.1, 0.15) is 40.9 Å². The molecule has 2 aromatic rings. The lowest BCUT2D eigenvalue weighted by molar-refractivity contribution is -0.137. The molecule has 0 saturated heterocycles. The third-order valence-electron chi connectivity index (χ3n) is 3.88. The topological polar surface area (TPSA) is 126 Å². The highest BCUT2D eigenvalue weighted by Gasteiger charge is 2.18. The highest BCUT2D eigenvalue weighted by atomic mass is 32.2. The molecule has 8 nitrogen and oxygen atoms in total. The number of nitrogens with one attached hydrogen (secondary N) is 2. The van der Waals surface area contributed by atoms with Crippen LogP contribution in [0.4, 0.5) is 0 Å². The molecule has 1 heterocycles. The first kappa shape index (κ1) is 20.7. The van der Waals surface area contributed by atoms with E-state index in [-0.39, 0.29) is 23.4 Å². The molecule has 0 unspecified atom stereocenters. The summed E-state index contributed by atoms with van der Waals surface area (Å²) in [6.45, 7) is 2.04. The van der Waals surface area contributed by atoms with Gasteiger partial charge >= 0.3 is 5.97 Å². The molecule has 1 amide bonds. The maximum Gasteiger partial charge on any atom is 0.303 e. The molecule has 0 radical (unpaired) electrons. The molecule has 0 fully saturated rings. The summed E-state index contributed by atoms with van der Waals surface area (Å²) >= 11 is 0. The summed E-state index contributed by atoms with van der Waals surface area (Å²) < 4.78 is 32.4. The standard InChI is InChI=1S/C18H22N2O6S/c1-13-7-8-15(27(24,25)20-12-14-5-4-10-26-14)11-16(13)18(23)19-9-3-2-6-17(21)22/h4-5,7-8,10-11,20H,2-3,6,9,12H2,1H3,(H,19,23)(H,21,22). The fourth-order valence-corrected chi connectivity index (χ4v) is 3.39. The lowest BCUT2D eigenvalue weighted by Crippen LogP contribution is -2.27. The van der Waals surface area contributed by atoms with Crippen molar-refractivity contribution in [1.29, 1.82) is 0 Å². The van der Waals surface area contributed by atoms with Crippen LogP contribution in [0.25, 0.3) is 0 Å². The molecule has 3 N–H and O–H groups in total. The van der Waals surface area contributed by atoms with Crippen molar-refractivity contribution >= 4 is 21.9 Å². The molecule has 146 valence electrons. The zero-order valence-corrected chi connectivity index (χ0v) is 15.7. The van der Waals surface area contributed by atoms with Gasteiger partial charge in [0, 0.05) is 18.5 Å². The molecule has 27 heavy (non-hydrogen) atoms. The number of rotatable bonds is 10. The second-order valence-corrected chi connectivity index (χ2v) is 7.75. The quantitative estimate of drug-likeness (QED) is 0.530. The Hall–Kier alpha value is -2.65. The first-order valence-corrected chi connectivity index (χ1v) is 9.90. The van der Waals surface area contributed by atoms with E-state index >= 15 is 0 Å². The van der Waals surface area contributed by atoms with E-state index in [4.69, 9.17) is 9.52 Å². The summed E-state index contributed by atoms with van der Waals surface area (Å²) in [5.41, 5.74) is 0.900. The van der Waals surface area contributed by atoms with Crippen LogP contribution in [0, 0.1) is 6.92 Å². The fraction of sp³-hybridized carbons (Fsp3) is 0.333. The normalized spacial score (nSPS) is 11.3. The molecular formula is C18H22N2O6S. The van der Waals surface area contributed by atoms with E-state index in [0.29, 0.717) is 30.7 Å². The van der Waals surface area contributed by atoms with E-state index in [1.807, 2.05) is 0 Å². The molecule has 9 heteroatoms. The zero-order chi connectivity index (χ0) is 19.9. The van der Waals surface area contributed by atoms with Gasteiger partial charge in [0.2, 0.25) is 10.0 Å². The average molecular weight is 394 g/mol. The minimum atomic E-state index is -3.80. The lowest BCUT2D eigenvalue weighted by atomic mass is 10.1.